The van der Waals surface area contributed by atoms with Gasteiger partial charge in [-0.1, -0.05) is 0 Å². The summed E-state index contributed by atoms with van der Waals surface area (Å²) in [5.41, 5.74) is -1.16. The molecule has 2 saturated heterocycles. The molecule has 2 fully saturated rings. The Balaban J connectivity index is 2.05. The summed E-state index contributed by atoms with van der Waals surface area (Å²) in [5.74, 6) is -0.943. The molecule has 160 valence electrons. The molecule has 1 aromatic carbocycles. The third kappa shape index (κ3) is 3.71. The normalized spacial score (nSPS) is 22.0. The van der Waals surface area contributed by atoms with Crippen molar-refractivity contribution in [3.05, 3.63) is 18.2 Å². The zero-order valence-electron chi connectivity index (χ0n) is 16.4. The summed E-state index contributed by atoms with van der Waals surface area (Å²) >= 11 is 0. The maximum atomic E-state index is 13.2. The molecule has 2 aliphatic heterocycles. The highest BCUT2D eigenvalue weighted by Crippen LogP contribution is 2.38. The van der Waals surface area contributed by atoms with Gasteiger partial charge in [-0.25, -0.2) is 21.1 Å². The van der Waals surface area contributed by atoms with Crippen LogP contribution in [0.15, 0.2) is 23.1 Å². The van der Waals surface area contributed by atoms with Crippen LogP contribution in [0.1, 0.15) is 13.8 Å². The smallest absolute Gasteiger partial charge is 0.247 e. The number of rotatable bonds is 5. The average molecular weight is 446 g/mol. The van der Waals surface area contributed by atoms with E-state index in [0.717, 1.165) is 6.07 Å². The van der Waals surface area contributed by atoms with Gasteiger partial charge in [-0.05, 0) is 32.0 Å². The average Bonchev–Trinajstić information content (AvgIpc) is 2.83. The molecule has 0 unspecified atom stereocenters. The molecule has 0 aliphatic carbocycles. The Kier molecular flexibility index (Phi) is 5.39. The van der Waals surface area contributed by atoms with Gasteiger partial charge in [0.25, 0.3) is 0 Å². The maximum absolute atomic E-state index is 13.2. The quantitative estimate of drug-likeness (QED) is 0.578. The van der Waals surface area contributed by atoms with E-state index >= 15 is 0 Å². The summed E-state index contributed by atoms with van der Waals surface area (Å²) in [5, 5.41) is 0. The van der Waals surface area contributed by atoms with Crippen molar-refractivity contribution >= 4 is 38.1 Å². The summed E-state index contributed by atoms with van der Waals surface area (Å²) in [6.07, 6.45) is 0.663. The van der Waals surface area contributed by atoms with Crippen LogP contribution in [0.3, 0.4) is 0 Å². The fourth-order valence-electron chi connectivity index (χ4n) is 3.44. The van der Waals surface area contributed by atoms with Gasteiger partial charge in [-0.3, -0.25) is 9.59 Å². The minimum Gasteiger partial charge on any atom is -0.495 e. The fraction of sp³-hybridized carbons (Fsp3) is 0.529. The molecular formula is C17H23N3O7S2. The van der Waals surface area contributed by atoms with Crippen LogP contribution in [0.25, 0.3) is 0 Å². The lowest BCUT2D eigenvalue weighted by atomic mass is 9.95. The largest absolute Gasteiger partial charge is 0.495 e. The predicted molar refractivity (Wildman–Crippen MR) is 104 cm³/mol. The van der Waals surface area contributed by atoms with Crippen molar-refractivity contribution in [3.63, 3.8) is 0 Å². The third-order valence-electron chi connectivity index (χ3n) is 5.01. The SMILES string of the molecule is COc1ccc(N2C(=O)C(C)(C)CS2(=O)=O)cc1S(=O)(=O)N1CCN(C=O)CC1. The van der Waals surface area contributed by atoms with Gasteiger partial charge in [0.2, 0.25) is 32.4 Å². The number of amides is 2. The lowest BCUT2D eigenvalue weighted by Gasteiger charge is -2.32. The first-order chi connectivity index (χ1) is 13.4. The molecule has 3 rings (SSSR count). The van der Waals surface area contributed by atoms with Crippen molar-refractivity contribution in [2.75, 3.05) is 43.3 Å². The van der Waals surface area contributed by atoms with E-state index in [9.17, 15) is 26.4 Å². The van der Waals surface area contributed by atoms with Gasteiger partial charge >= 0.3 is 0 Å². The minimum atomic E-state index is -4.04. The van der Waals surface area contributed by atoms with Crippen molar-refractivity contribution in [1.29, 1.82) is 0 Å². The molecule has 2 amide bonds. The lowest BCUT2D eigenvalue weighted by Crippen LogP contribution is -2.48. The lowest BCUT2D eigenvalue weighted by molar-refractivity contribution is -0.123. The molecular weight excluding hydrogens is 422 g/mol. The van der Waals surface area contributed by atoms with Crippen LogP contribution in [-0.2, 0) is 29.6 Å². The molecule has 0 aromatic heterocycles. The van der Waals surface area contributed by atoms with Crippen LogP contribution in [0.5, 0.6) is 5.75 Å². The highest BCUT2D eigenvalue weighted by atomic mass is 32.2. The Hall–Kier alpha value is -2.18. The Morgan fingerprint density at radius 1 is 1.14 bits per heavy atom. The summed E-state index contributed by atoms with van der Waals surface area (Å²) in [4.78, 5) is 24.8. The predicted octanol–water partition coefficient (Wildman–Crippen LogP) is -0.139. The first-order valence-corrected chi connectivity index (χ1v) is 11.9. The molecule has 0 bridgehead atoms. The summed E-state index contributed by atoms with van der Waals surface area (Å²) < 4.78 is 58.5. The highest BCUT2D eigenvalue weighted by Gasteiger charge is 2.50. The number of hydrogen-bond donors (Lipinski definition) is 0. The summed E-state index contributed by atoms with van der Waals surface area (Å²) in [6, 6.07) is 3.83. The molecule has 1 aromatic rings. The molecule has 0 saturated carbocycles. The Morgan fingerprint density at radius 3 is 2.24 bits per heavy atom. The van der Waals surface area contributed by atoms with Crippen molar-refractivity contribution in [3.8, 4) is 5.75 Å². The number of benzene rings is 1. The number of carbonyl (C=O) groups is 2. The fourth-order valence-corrected chi connectivity index (χ4v) is 7.14. The van der Waals surface area contributed by atoms with Gasteiger partial charge in [-0.15, -0.1) is 0 Å². The standard InChI is InChI=1S/C17H23N3O7S2/c1-17(2)11-28(23,24)20(16(17)22)13-4-5-14(27-3)15(10-13)29(25,26)19-8-6-18(12-21)7-9-19/h4-5,10,12H,6-9,11H2,1-3H3. The van der Waals surface area contributed by atoms with Crippen molar-refractivity contribution in [2.45, 2.75) is 18.7 Å². The second-order valence-corrected chi connectivity index (χ2v) is 11.3. The highest BCUT2D eigenvalue weighted by molar-refractivity contribution is 7.94. The number of carbonyl (C=O) groups excluding carboxylic acids is 2. The van der Waals surface area contributed by atoms with Crippen LogP contribution in [0, 0.1) is 5.41 Å². The van der Waals surface area contributed by atoms with Crippen LogP contribution in [-0.4, -0.2) is 77.4 Å². The van der Waals surface area contributed by atoms with Crippen molar-refractivity contribution < 1.29 is 31.2 Å². The molecule has 2 aliphatic rings. The van der Waals surface area contributed by atoms with Crippen LogP contribution in [0.2, 0.25) is 0 Å². The number of piperazine rings is 1. The molecule has 2 heterocycles. The number of hydrogen-bond acceptors (Lipinski definition) is 7. The minimum absolute atomic E-state index is 0.0369. The second kappa shape index (κ2) is 7.26. The molecule has 0 N–H and O–H groups in total. The summed E-state index contributed by atoms with van der Waals surface area (Å²) in [6.45, 7) is 3.75. The molecule has 0 radical (unpaired) electrons. The molecule has 10 nitrogen and oxygen atoms in total. The Bertz CT molecular complexity index is 1040. The van der Waals surface area contributed by atoms with Crippen molar-refractivity contribution in [1.82, 2.24) is 9.21 Å². The van der Waals surface area contributed by atoms with Gasteiger partial charge in [0.05, 0.1) is 24.0 Å². The van der Waals surface area contributed by atoms with E-state index in [4.69, 9.17) is 4.74 Å². The van der Waals surface area contributed by atoms with E-state index < -0.39 is 31.4 Å². The van der Waals surface area contributed by atoms with E-state index in [1.54, 1.807) is 0 Å². The van der Waals surface area contributed by atoms with Crippen LogP contribution < -0.4 is 9.04 Å². The van der Waals surface area contributed by atoms with Gasteiger partial charge in [0, 0.05) is 26.2 Å². The summed E-state index contributed by atoms with van der Waals surface area (Å²) in [7, 11) is -6.66. The molecule has 0 spiro atoms. The second-order valence-electron chi connectivity index (χ2n) is 7.59. The van der Waals surface area contributed by atoms with Crippen LogP contribution in [0.4, 0.5) is 5.69 Å². The first-order valence-electron chi connectivity index (χ1n) is 8.89. The van der Waals surface area contributed by atoms with Gasteiger partial charge in [-0.2, -0.15) is 4.31 Å². The Labute approximate surface area is 170 Å². The van der Waals surface area contributed by atoms with Gasteiger partial charge in [0.15, 0.2) is 0 Å². The Morgan fingerprint density at radius 2 is 1.76 bits per heavy atom. The number of nitrogens with zero attached hydrogens (tertiary/aromatic N) is 3. The molecule has 0 atom stereocenters. The zero-order chi connectivity index (χ0) is 21.6. The van der Waals surface area contributed by atoms with E-state index in [2.05, 4.69) is 0 Å². The number of sulfonamides is 2. The van der Waals surface area contributed by atoms with E-state index in [-0.39, 0.29) is 48.3 Å². The topological polar surface area (TPSA) is 121 Å². The number of methoxy groups -OCH3 is 1. The van der Waals surface area contributed by atoms with Gasteiger partial charge in [0.1, 0.15) is 10.6 Å². The maximum Gasteiger partial charge on any atom is 0.247 e. The van der Waals surface area contributed by atoms with E-state index in [0.29, 0.717) is 10.7 Å². The van der Waals surface area contributed by atoms with E-state index in [1.165, 1.54) is 42.3 Å². The molecule has 12 heteroatoms. The molecule has 29 heavy (non-hydrogen) atoms. The number of anilines is 1. The zero-order valence-corrected chi connectivity index (χ0v) is 18.0. The third-order valence-corrected chi connectivity index (χ3v) is 8.95. The first kappa shape index (κ1) is 21.5. The van der Waals surface area contributed by atoms with Crippen LogP contribution >= 0.6 is 0 Å². The monoisotopic (exact) mass is 445 g/mol. The number of ether oxygens (including phenoxy) is 1. The van der Waals surface area contributed by atoms with Gasteiger partial charge < -0.3 is 9.64 Å². The van der Waals surface area contributed by atoms with E-state index in [1.807, 2.05) is 0 Å². The van der Waals surface area contributed by atoms with Crippen molar-refractivity contribution in [2.24, 2.45) is 5.41 Å².